The molecule has 2 aromatic rings. The van der Waals surface area contributed by atoms with Crippen LogP contribution in [0.3, 0.4) is 0 Å². The van der Waals surface area contributed by atoms with E-state index in [1.54, 1.807) is 11.3 Å². The van der Waals surface area contributed by atoms with E-state index in [0.29, 0.717) is 6.04 Å². The Balaban J connectivity index is 2.28. The average molecular weight is 289 g/mol. The number of thiophene rings is 1. The van der Waals surface area contributed by atoms with Crippen LogP contribution in [-0.4, -0.2) is 22.0 Å². The predicted octanol–water partition coefficient (Wildman–Crippen LogP) is 3.44. The van der Waals surface area contributed by atoms with E-state index in [9.17, 15) is 0 Å². The SMILES string of the molecule is CC(N)C(c1ccncc1)N(Cc1cccs1)C(C)C. The summed E-state index contributed by atoms with van der Waals surface area (Å²) in [5.41, 5.74) is 7.51. The van der Waals surface area contributed by atoms with Gasteiger partial charge in [-0.3, -0.25) is 9.88 Å². The minimum absolute atomic E-state index is 0.0692. The lowest BCUT2D eigenvalue weighted by molar-refractivity contribution is 0.128. The van der Waals surface area contributed by atoms with E-state index in [2.05, 4.69) is 60.3 Å². The summed E-state index contributed by atoms with van der Waals surface area (Å²) >= 11 is 1.80. The standard InChI is InChI=1S/C16H23N3S/c1-12(2)19(11-15-5-4-10-20-15)16(13(3)17)14-6-8-18-9-7-14/h4-10,12-13,16H,11,17H2,1-3H3. The van der Waals surface area contributed by atoms with Gasteiger partial charge in [0.2, 0.25) is 0 Å². The Morgan fingerprint density at radius 1 is 1.20 bits per heavy atom. The first kappa shape index (κ1) is 15.2. The molecular formula is C16H23N3S. The van der Waals surface area contributed by atoms with Gasteiger partial charge in [0, 0.05) is 35.9 Å². The Labute approximate surface area is 125 Å². The highest BCUT2D eigenvalue weighted by molar-refractivity contribution is 7.09. The number of pyridine rings is 1. The molecule has 0 aliphatic heterocycles. The highest BCUT2D eigenvalue weighted by Gasteiger charge is 2.26. The predicted molar refractivity (Wildman–Crippen MR) is 85.6 cm³/mol. The Hall–Kier alpha value is -1.23. The van der Waals surface area contributed by atoms with Gasteiger partial charge in [-0.2, -0.15) is 0 Å². The smallest absolute Gasteiger partial charge is 0.0504 e. The molecule has 0 saturated heterocycles. The Bertz CT molecular complexity index is 494. The van der Waals surface area contributed by atoms with E-state index in [4.69, 9.17) is 5.73 Å². The summed E-state index contributed by atoms with van der Waals surface area (Å²) in [6, 6.07) is 9.13. The van der Waals surface area contributed by atoms with Crippen LogP contribution in [0.2, 0.25) is 0 Å². The summed E-state index contributed by atoms with van der Waals surface area (Å²) in [6.07, 6.45) is 3.68. The zero-order valence-corrected chi connectivity index (χ0v) is 13.2. The molecule has 0 spiro atoms. The minimum atomic E-state index is 0.0692. The summed E-state index contributed by atoms with van der Waals surface area (Å²) < 4.78 is 0. The maximum absolute atomic E-state index is 6.28. The fourth-order valence-electron chi connectivity index (χ4n) is 2.54. The van der Waals surface area contributed by atoms with Crippen LogP contribution in [0.4, 0.5) is 0 Å². The van der Waals surface area contributed by atoms with Gasteiger partial charge in [-0.05, 0) is 49.9 Å². The van der Waals surface area contributed by atoms with E-state index >= 15 is 0 Å². The van der Waals surface area contributed by atoms with Crippen LogP contribution < -0.4 is 5.73 Å². The topological polar surface area (TPSA) is 42.1 Å². The summed E-state index contributed by atoms with van der Waals surface area (Å²) in [5.74, 6) is 0. The summed E-state index contributed by atoms with van der Waals surface area (Å²) in [6.45, 7) is 7.47. The molecule has 2 unspecified atom stereocenters. The molecule has 0 aromatic carbocycles. The first-order valence-electron chi connectivity index (χ1n) is 7.03. The fourth-order valence-corrected chi connectivity index (χ4v) is 3.25. The average Bonchev–Trinajstić information content (AvgIpc) is 2.91. The van der Waals surface area contributed by atoms with Crippen molar-refractivity contribution in [2.75, 3.05) is 0 Å². The highest BCUT2D eigenvalue weighted by atomic mass is 32.1. The van der Waals surface area contributed by atoms with Crippen LogP contribution in [0, 0.1) is 0 Å². The maximum Gasteiger partial charge on any atom is 0.0504 e. The Morgan fingerprint density at radius 3 is 2.40 bits per heavy atom. The van der Waals surface area contributed by atoms with Gasteiger partial charge in [0.25, 0.3) is 0 Å². The van der Waals surface area contributed by atoms with Gasteiger partial charge in [-0.1, -0.05) is 6.07 Å². The van der Waals surface area contributed by atoms with Crippen LogP contribution in [-0.2, 0) is 6.54 Å². The lowest BCUT2D eigenvalue weighted by Crippen LogP contribution is -2.42. The summed E-state index contributed by atoms with van der Waals surface area (Å²) in [4.78, 5) is 7.95. The van der Waals surface area contributed by atoms with Crippen molar-refractivity contribution in [3.05, 3.63) is 52.5 Å². The Morgan fingerprint density at radius 2 is 1.90 bits per heavy atom. The van der Waals surface area contributed by atoms with E-state index in [1.165, 1.54) is 10.4 Å². The van der Waals surface area contributed by atoms with E-state index < -0.39 is 0 Å². The minimum Gasteiger partial charge on any atom is -0.326 e. The molecule has 2 aromatic heterocycles. The van der Waals surface area contributed by atoms with Gasteiger partial charge in [-0.25, -0.2) is 0 Å². The van der Waals surface area contributed by atoms with Crippen molar-refractivity contribution in [1.29, 1.82) is 0 Å². The second-order valence-corrected chi connectivity index (χ2v) is 6.46. The van der Waals surface area contributed by atoms with Crippen molar-refractivity contribution in [2.24, 2.45) is 5.73 Å². The van der Waals surface area contributed by atoms with Gasteiger partial charge in [0.1, 0.15) is 0 Å². The normalized spacial score (nSPS) is 14.7. The van der Waals surface area contributed by atoms with Crippen LogP contribution >= 0.6 is 11.3 Å². The van der Waals surface area contributed by atoms with Crippen LogP contribution in [0.1, 0.15) is 37.3 Å². The van der Waals surface area contributed by atoms with E-state index in [-0.39, 0.29) is 12.1 Å². The second-order valence-electron chi connectivity index (χ2n) is 5.43. The largest absolute Gasteiger partial charge is 0.326 e. The molecule has 2 heterocycles. The van der Waals surface area contributed by atoms with Gasteiger partial charge in [-0.15, -0.1) is 11.3 Å². The number of rotatable bonds is 6. The van der Waals surface area contributed by atoms with Crippen LogP contribution in [0.5, 0.6) is 0 Å². The highest BCUT2D eigenvalue weighted by Crippen LogP contribution is 2.28. The number of hydrogen-bond acceptors (Lipinski definition) is 4. The van der Waals surface area contributed by atoms with Crippen molar-refractivity contribution in [1.82, 2.24) is 9.88 Å². The van der Waals surface area contributed by atoms with Crippen molar-refractivity contribution in [2.45, 2.75) is 45.4 Å². The third-order valence-corrected chi connectivity index (χ3v) is 4.35. The third-order valence-electron chi connectivity index (χ3n) is 3.48. The van der Waals surface area contributed by atoms with Gasteiger partial charge in [0.05, 0.1) is 6.04 Å². The monoisotopic (exact) mass is 289 g/mol. The maximum atomic E-state index is 6.28. The quantitative estimate of drug-likeness (QED) is 0.885. The van der Waals surface area contributed by atoms with E-state index in [0.717, 1.165) is 6.54 Å². The molecular weight excluding hydrogens is 266 g/mol. The molecule has 0 fully saturated rings. The zero-order valence-electron chi connectivity index (χ0n) is 12.4. The molecule has 4 heteroatoms. The van der Waals surface area contributed by atoms with Gasteiger partial charge < -0.3 is 5.73 Å². The second kappa shape index (κ2) is 6.97. The molecule has 0 amide bonds. The van der Waals surface area contributed by atoms with Crippen molar-refractivity contribution >= 4 is 11.3 Å². The molecule has 0 radical (unpaired) electrons. The molecule has 0 bridgehead atoms. The lowest BCUT2D eigenvalue weighted by Gasteiger charge is -2.37. The molecule has 0 saturated carbocycles. The number of nitrogens with zero attached hydrogens (tertiary/aromatic N) is 2. The van der Waals surface area contributed by atoms with E-state index in [1.807, 2.05) is 12.4 Å². The molecule has 2 N–H and O–H groups in total. The van der Waals surface area contributed by atoms with Crippen molar-refractivity contribution in [3.8, 4) is 0 Å². The van der Waals surface area contributed by atoms with Crippen molar-refractivity contribution in [3.63, 3.8) is 0 Å². The van der Waals surface area contributed by atoms with Crippen molar-refractivity contribution < 1.29 is 0 Å². The molecule has 3 nitrogen and oxygen atoms in total. The van der Waals surface area contributed by atoms with Crippen LogP contribution in [0.25, 0.3) is 0 Å². The number of aromatic nitrogens is 1. The zero-order chi connectivity index (χ0) is 14.5. The van der Waals surface area contributed by atoms with Crippen LogP contribution in [0.15, 0.2) is 42.0 Å². The molecule has 108 valence electrons. The Kier molecular flexibility index (Phi) is 5.29. The molecule has 0 aliphatic rings. The molecule has 0 aliphatic carbocycles. The summed E-state index contributed by atoms with van der Waals surface area (Å²) in [5, 5.41) is 2.13. The first-order valence-corrected chi connectivity index (χ1v) is 7.91. The molecule has 2 rings (SSSR count). The lowest BCUT2D eigenvalue weighted by atomic mass is 9.98. The third kappa shape index (κ3) is 3.66. The fraction of sp³-hybridized carbons (Fsp3) is 0.438. The first-order chi connectivity index (χ1) is 9.59. The molecule has 2 atom stereocenters. The molecule has 20 heavy (non-hydrogen) atoms. The number of hydrogen-bond donors (Lipinski definition) is 1. The summed E-state index contributed by atoms with van der Waals surface area (Å²) in [7, 11) is 0. The number of nitrogens with two attached hydrogens (primary N) is 1. The van der Waals surface area contributed by atoms with Gasteiger partial charge >= 0.3 is 0 Å². The van der Waals surface area contributed by atoms with Gasteiger partial charge in [0.15, 0.2) is 0 Å².